The molecular weight excluding hydrogens is 355 g/mol. The number of benzene rings is 1. The Morgan fingerprint density at radius 1 is 1.26 bits per heavy atom. The predicted molar refractivity (Wildman–Crippen MR) is 93.0 cm³/mol. The molecule has 0 bridgehead atoms. The SMILES string of the molecule is CC(NC(=O)CCc1nc(-c2ccc(F)cc2)no1)C(=O)N1CCOCC1. The highest BCUT2D eigenvalue weighted by Gasteiger charge is 2.23. The van der Waals surface area contributed by atoms with Gasteiger partial charge in [0.25, 0.3) is 0 Å². The molecule has 0 saturated carbocycles. The number of aryl methyl sites for hydroxylation is 1. The van der Waals surface area contributed by atoms with Crippen LogP contribution in [0.5, 0.6) is 0 Å². The minimum atomic E-state index is -0.604. The Morgan fingerprint density at radius 3 is 2.67 bits per heavy atom. The van der Waals surface area contributed by atoms with E-state index >= 15 is 0 Å². The van der Waals surface area contributed by atoms with Gasteiger partial charge in [-0.1, -0.05) is 5.16 Å². The molecule has 1 fully saturated rings. The highest BCUT2D eigenvalue weighted by molar-refractivity contribution is 5.87. The lowest BCUT2D eigenvalue weighted by molar-refractivity contribution is -0.139. The first-order valence-electron chi connectivity index (χ1n) is 8.77. The van der Waals surface area contributed by atoms with Crippen LogP contribution in [-0.4, -0.2) is 59.2 Å². The molecule has 0 aliphatic carbocycles. The molecule has 1 aromatic carbocycles. The fraction of sp³-hybridized carbons (Fsp3) is 0.444. The molecule has 1 aliphatic rings. The number of carbonyl (C=O) groups is 2. The summed E-state index contributed by atoms with van der Waals surface area (Å²) < 4.78 is 23.3. The first-order valence-corrected chi connectivity index (χ1v) is 8.77. The maximum atomic E-state index is 13.0. The number of nitrogens with one attached hydrogen (secondary N) is 1. The predicted octanol–water partition coefficient (Wildman–Crippen LogP) is 1.17. The zero-order valence-electron chi connectivity index (χ0n) is 15.0. The van der Waals surface area contributed by atoms with Gasteiger partial charge in [0.1, 0.15) is 11.9 Å². The summed E-state index contributed by atoms with van der Waals surface area (Å²) in [6, 6.07) is 5.12. The van der Waals surface area contributed by atoms with E-state index in [1.807, 2.05) is 0 Å². The average molecular weight is 376 g/mol. The number of rotatable bonds is 6. The highest BCUT2D eigenvalue weighted by Crippen LogP contribution is 2.16. The number of halogens is 1. The first kappa shape index (κ1) is 19.0. The van der Waals surface area contributed by atoms with Gasteiger partial charge in [-0.3, -0.25) is 9.59 Å². The Balaban J connectivity index is 1.47. The average Bonchev–Trinajstić information content (AvgIpc) is 3.16. The number of aromatic nitrogens is 2. The number of hydrogen-bond acceptors (Lipinski definition) is 6. The Kier molecular flexibility index (Phi) is 6.12. The zero-order chi connectivity index (χ0) is 19.2. The van der Waals surface area contributed by atoms with Crippen LogP contribution < -0.4 is 5.32 Å². The van der Waals surface area contributed by atoms with Crippen molar-refractivity contribution in [3.8, 4) is 11.4 Å². The summed E-state index contributed by atoms with van der Waals surface area (Å²) in [5.41, 5.74) is 0.626. The molecule has 9 heteroatoms. The van der Waals surface area contributed by atoms with E-state index in [-0.39, 0.29) is 30.5 Å². The molecule has 1 atom stereocenters. The molecule has 0 radical (unpaired) electrons. The minimum absolute atomic E-state index is 0.117. The lowest BCUT2D eigenvalue weighted by Crippen LogP contribution is -2.50. The van der Waals surface area contributed by atoms with Crippen molar-refractivity contribution in [2.24, 2.45) is 0 Å². The van der Waals surface area contributed by atoms with Crippen LogP contribution in [0.25, 0.3) is 11.4 Å². The topological polar surface area (TPSA) is 97.6 Å². The normalized spacial score (nSPS) is 15.4. The summed E-state index contributed by atoms with van der Waals surface area (Å²) in [5.74, 6) is -0.105. The Morgan fingerprint density at radius 2 is 1.96 bits per heavy atom. The number of nitrogens with zero attached hydrogens (tertiary/aromatic N) is 3. The summed E-state index contributed by atoms with van der Waals surface area (Å²) in [5, 5.41) is 6.52. The van der Waals surface area contributed by atoms with Gasteiger partial charge in [0.05, 0.1) is 13.2 Å². The molecule has 1 aliphatic heterocycles. The summed E-state index contributed by atoms with van der Waals surface area (Å²) in [6.07, 6.45) is 0.365. The fourth-order valence-electron chi connectivity index (χ4n) is 2.73. The van der Waals surface area contributed by atoms with Crippen LogP contribution in [0.3, 0.4) is 0 Å². The van der Waals surface area contributed by atoms with Crippen molar-refractivity contribution < 1.29 is 23.2 Å². The van der Waals surface area contributed by atoms with Crippen LogP contribution in [0.15, 0.2) is 28.8 Å². The standard InChI is InChI=1S/C18H21FN4O4/c1-12(18(25)23-8-10-26-11-9-23)20-15(24)6-7-16-21-17(22-27-16)13-2-4-14(19)5-3-13/h2-5,12H,6-11H2,1H3,(H,20,24). The number of ether oxygens (including phenoxy) is 1. The van der Waals surface area contributed by atoms with Crippen molar-refractivity contribution in [1.82, 2.24) is 20.4 Å². The van der Waals surface area contributed by atoms with Gasteiger partial charge in [0.2, 0.25) is 23.5 Å². The van der Waals surface area contributed by atoms with Crippen molar-refractivity contribution >= 4 is 11.8 Å². The van der Waals surface area contributed by atoms with E-state index in [0.29, 0.717) is 43.6 Å². The van der Waals surface area contributed by atoms with Crippen molar-refractivity contribution in [3.05, 3.63) is 36.0 Å². The molecule has 27 heavy (non-hydrogen) atoms. The van der Waals surface area contributed by atoms with E-state index in [0.717, 1.165) is 0 Å². The summed E-state index contributed by atoms with van der Waals surface area (Å²) in [4.78, 5) is 30.3. The third-order valence-electron chi connectivity index (χ3n) is 4.21. The maximum Gasteiger partial charge on any atom is 0.245 e. The fourth-order valence-corrected chi connectivity index (χ4v) is 2.73. The minimum Gasteiger partial charge on any atom is -0.378 e. The molecule has 1 unspecified atom stereocenters. The molecule has 1 N–H and O–H groups in total. The van der Waals surface area contributed by atoms with Crippen LogP contribution in [-0.2, 0) is 20.7 Å². The second-order valence-electron chi connectivity index (χ2n) is 6.25. The molecule has 2 amide bonds. The summed E-state index contributed by atoms with van der Waals surface area (Å²) >= 11 is 0. The van der Waals surface area contributed by atoms with Crippen molar-refractivity contribution in [3.63, 3.8) is 0 Å². The van der Waals surface area contributed by atoms with Crippen LogP contribution in [0, 0.1) is 5.82 Å². The molecule has 1 saturated heterocycles. The first-order chi connectivity index (χ1) is 13.0. The van der Waals surface area contributed by atoms with Gasteiger partial charge in [-0.05, 0) is 31.2 Å². The van der Waals surface area contributed by atoms with E-state index in [1.165, 1.54) is 12.1 Å². The molecule has 3 rings (SSSR count). The molecule has 2 heterocycles. The molecular formula is C18H21FN4O4. The van der Waals surface area contributed by atoms with Crippen LogP contribution in [0.2, 0.25) is 0 Å². The largest absolute Gasteiger partial charge is 0.378 e. The Labute approximate surface area is 155 Å². The van der Waals surface area contributed by atoms with E-state index in [2.05, 4.69) is 15.5 Å². The lowest BCUT2D eigenvalue weighted by Gasteiger charge is -2.29. The summed E-state index contributed by atoms with van der Waals surface area (Å²) in [6.45, 7) is 3.76. The van der Waals surface area contributed by atoms with E-state index < -0.39 is 6.04 Å². The Bertz CT molecular complexity index is 787. The smallest absolute Gasteiger partial charge is 0.245 e. The number of amides is 2. The van der Waals surface area contributed by atoms with E-state index in [9.17, 15) is 14.0 Å². The lowest BCUT2D eigenvalue weighted by atomic mass is 10.2. The maximum absolute atomic E-state index is 13.0. The van der Waals surface area contributed by atoms with E-state index in [4.69, 9.17) is 9.26 Å². The van der Waals surface area contributed by atoms with Crippen molar-refractivity contribution in [1.29, 1.82) is 0 Å². The third kappa shape index (κ3) is 5.10. The van der Waals surface area contributed by atoms with Crippen molar-refractivity contribution in [2.45, 2.75) is 25.8 Å². The molecule has 8 nitrogen and oxygen atoms in total. The van der Waals surface area contributed by atoms with Gasteiger partial charge in [0, 0.05) is 31.5 Å². The molecule has 2 aromatic rings. The molecule has 0 spiro atoms. The number of carbonyl (C=O) groups excluding carboxylic acids is 2. The second kappa shape index (κ2) is 8.72. The van der Waals surface area contributed by atoms with Gasteiger partial charge in [-0.2, -0.15) is 4.98 Å². The highest BCUT2D eigenvalue weighted by atomic mass is 19.1. The second-order valence-corrected chi connectivity index (χ2v) is 6.25. The monoisotopic (exact) mass is 376 g/mol. The van der Waals surface area contributed by atoms with Crippen molar-refractivity contribution in [2.75, 3.05) is 26.3 Å². The quantitative estimate of drug-likeness (QED) is 0.813. The zero-order valence-corrected chi connectivity index (χ0v) is 15.0. The number of hydrogen-bond donors (Lipinski definition) is 1. The van der Waals surface area contributed by atoms with Gasteiger partial charge in [-0.25, -0.2) is 4.39 Å². The van der Waals surface area contributed by atoms with Gasteiger partial charge < -0.3 is 19.5 Å². The molecule has 1 aromatic heterocycles. The van der Waals surface area contributed by atoms with Crippen LogP contribution in [0.4, 0.5) is 4.39 Å². The molecule has 144 valence electrons. The summed E-state index contributed by atoms with van der Waals surface area (Å²) in [7, 11) is 0. The Hall–Kier alpha value is -2.81. The number of morpholine rings is 1. The van der Waals surface area contributed by atoms with Crippen LogP contribution >= 0.6 is 0 Å². The van der Waals surface area contributed by atoms with E-state index in [1.54, 1.807) is 24.0 Å². The van der Waals surface area contributed by atoms with Gasteiger partial charge in [-0.15, -0.1) is 0 Å². The van der Waals surface area contributed by atoms with Gasteiger partial charge in [0.15, 0.2) is 0 Å². The third-order valence-corrected chi connectivity index (χ3v) is 4.21. The van der Waals surface area contributed by atoms with Gasteiger partial charge >= 0.3 is 0 Å². The van der Waals surface area contributed by atoms with Crippen LogP contribution in [0.1, 0.15) is 19.2 Å².